The van der Waals surface area contributed by atoms with Gasteiger partial charge in [0.25, 0.3) is 0 Å². The Morgan fingerprint density at radius 3 is 2.14 bits per heavy atom. The Morgan fingerprint density at radius 2 is 1.46 bits per heavy atom. The topological polar surface area (TPSA) is 32.3 Å². The molecule has 4 nitrogen and oxygen atoms in total. The fourth-order valence-corrected chi connectivity index (χ4v) is 4.07. The molecule has 3 aromatic rings. The summed E-state index contributed by atoms with van der Waals surface area (Å²) in [5, 5.41) is 10.2. The molecule has 0 N–H and O–H groups in total. The van der Waals surface area contributed by atoms with E-state index in [1.54, 1.807) is 0 Å². The molecule has 2 heterocycles. The van der Waals surface area contributed by atoms with Crippen LogP contribution in [0.4, 0.5) is 11.5 Å². The van der Waals surface area contributed by atoms with Gasteiger partial charge in [-0.2, -0.15) is 5.10 Å². The number of rotatable bonds is 4. The average Bonchev–Trinajstić information content (AvgIpc) is 2.73. The van der Waals surface area contributed by atoms with Crippen molar-refractivity contribution in [1.82, 2.24) is 10.2 Å². The SMILES string of the molecule is Cc1nnc(N2CCN(c3ccccc3)CC2)cc1Cc1c(Cl)cccc1Cl. The maximum Gasteiger partial charge on any atom is 0.151 e. The first-order valence-corrected chi connectivity index (χ1v) is 10.2. The number of para-hydroxylation sites is 1. The molecular formula is C22H22Cl2N4. The summed E-state index contributed by atoms with van der Waals surface area (Å²) in [4.78, 5) is 4.70. The Morgan fingerprint density at radius 1 is 0.821 bits per heavy atom. The molecule has 6 heteroatoms. The monoisotopic (exact) mass is 412 g/mol. The first-order valence-electron chi connectivity index (χ1n) is 9.43. The van der Waals surface area contributed by atoms with Gasteiger partial charge >= 0.3 is 0 Å². The molecule has 2 aromatic carbocycles. The summed E-state index contributed by atoms with van der Waals surface area (Å²) in [5.41, 5.74) is 4.21. The lowest BCUT2D eigenvalue weighted by Gasteiger charge is -2.36. The van der Waals surface area contributed by atoms with Crippen LogP contribution in [0.3, 0.4) is 0 Å². The van der Waals surface area contributed by atoms with E-state index in [4.69, 9.17) is 23.2 Å². The molecule has 0 unspecified atom stereocenters. The standard InChI is InChI=1S/C22H22Cl2N4/c1-16-17(14-19-20(23)8-5-9-21(19)24)15-22(26-25-16)28-12-10-27(11-13-28)18-6-3-2-4-7-18/h2-9,15H,10-14H2,1H3. The van der Waals surface area contributed by atoms with Crippen molar-refractivity contribution >= 4 is 34.7 Å². The summed E-state index contributed by atoms with van der Waals surface area (Å²) in [7, 11) is 0. The molecule has 0 saturated carbocycles. The second-order valence-electron chi connectivity index (χ2n) is 7.00. The molecular weight excluding hydrogens is 391 g/mol. The number of anilines is 2. The zero-order valence-corrected chi connectivity index (χ0v) is 17.3. The molecule has 1 aromatic heterocycles. The molecule has 0 atom stereocenters. The van der Waals surface area contributed by atoms with Crippen LogP contribution in [0.5, 0.6) is 0 Å². The molecule has 0 bridgehead atoms. The molecule has 0 amide bonds. The van der Waals surface area contributed by atoms with Crippen molar-refractivity contribution in [2.24, 2.45) is 0 Å². The summed E-state index contributed by atoms with van der Waals surface area (Å²) in [6, 6.07) is 18.3. The lowest BCUT2D eigenvalue weighted by molar-refractivity contribution is 0.642. The van der Waals surface area contributed by atoms with E-state index in [2.05, 4.69) is 56.4 Å². The quantitative estimate of drug-likeness (QED) is 0.602. The third-order valence-electron chi connectivity index (χ3n) is 5.22. The second kappa shape index (κ2) is 8.38. The summed E-state index contributed by atoms with van der Waals surface area (Å²) >= 11 is 12.7. The first kappa shape index (κ1) is 19.0. The van der Waals surface area contributed by atoms with Crippen molar-refractivity contribution < 1.29 is 0 Å². The average molecular weight is 413 g/mol. The second-order valence-corrected chi connectivity index (χ2v) is 7.81. The number of piperazine rings is 1. The van der Waals surface area contributed by atoms with Gasteiger partial charge in [0.1, 0.15) is 0 Å². The fraction of sp³-hybridized carbons (Fsp3) is 0.273. The van der Waals surface area contributed by atoms with Crippen LogP contribution in [0.25, 0.3) is 0 Å². The number of aromatic nitrogens is 2. The molecule has 0 spiro atoms. The Balaban J connectivity index is 1.50. The van der Waals surface area contributed by atoms with E-state index in [0.29, 0.717) is 16.5 Å². The van der Waals surface area contributed by atoms with E-state index in [-0.39, 0.29) is 0 Å². The largest absolute Gasteiger partial charge is 0.368 e. The molecule has 28 heavy (non-hydrogen) atoms. The minimum Gasteiger partial charge on any atom is -0.368 e. The van der Waals surface area contributed by atoms with E-state index < -0.39 is 0 Å². The van der Waals surface area contributed by atoms with Gasteiger partial charge in [0.15, 0.2) is 5.82 Å². The minimum absolute atomic E-state index is 0.650. The number of hydrogen-bond acceptors (Lipinski definition) is 4. The van der Waals surface area contributed by atoms with Crippen molar-refractivity contribution in [2.45, 2.75) is 13.3 Å². The molecule has 1 saturated heterocycles. The van der Waals surface area contributed by atoms with Gasteiger partial charge in [0.05, 0.1) is 5.69 Å². The van der Waals surface area contributed by atoms with E-state index in [0.717, 1.165) is 48.8 Å². The third kappa shape index (κ3) is 4.08. The highest BCUT2D eigenvalue weighted by molar-refractivity contribution is 6.36. The van der Waals surface area contributed by atoms with Crippen LogP contribution in [0.1, 0.15) is 16.8 Å². The molecule has 144 valence electrons. The Hall–Kier alpha value is -2.30. The van der Waals surface area contributed by atoms with Gasteiger partial charge in [-0.15, -0.1) is 5.10 Å². The van der Waals surface area contributed by atoms with Gasteiger partial charge in [-0.05, 0) is 48.4 Å². The third-order valence-corrected chi connectivity index (χ3v) is 5.93. The zero-order valence-electron chi connectivity index (χ0n) is 15.8. The van der Waals surface area contributed by atoms with Crippen LogP contribution in [0.15, 0.2) is 54.6 Å². The van der Waals surface area contributed by atoms with Crippen LogP contribution in [-0.4, -0.2) is 36.4 Å². The maximum atomic E-state index is 6.36. The van der Waals surface area contributed by atoms with Crippen molar-refractivity contribution in [3.05, 3.63) is 81.5 Å². The van der Waals surface area contributed by atoms with Gasteiger partial charge in [0, 0.05) is 48.3 Å². The molecule has 4 rings (SSSR count). The van der Waals surface area contributed by atoms with Gasteiger partial charge in [-0.3, -0.25) is 0 Å². The molecule has 1 fully saturated rings. The molecule has 0 radical (unpaired) electrons. The maximum absolute atomic E-state index is 6.36. The number of aryl methyl sites for hydroxylation is 1. The zero-order chi connectivity index (χ0) is 19.5. The number of halogens is 2. The summed E-state index contributed by atoms with van der Waals surface area (Å²) in [6.45, 7) is 5.73. The van der Waals surface area contributed by atoms with Gasteiger partial charge in [-0.25, -0.2) is 0 Å². The van der Waals surface area contributed by atoms with Crippen LogP contribution >= 0.6 is 23.2 Å². The van der Waals surface area contributed by atoms with Crippen LogP contribution in [0.2, 0.25) is 10.0 Å². The first-order chi connectivity index (χ1) is 13.6. The van der Waals surface area contributed by atoms with Gasteiger partial charge in [0.2, 0.25) is 0 Å². The van der Waals surface area contributed by atoms with Crippen LogP contribution in [0, 0.1) is 6.92 Å². The van der Waals surface area contributed by atoms with Gasteiger partial charge < -0.3 is 9.80 Å². The van der Waals surface area contributed by atoms with Crippen LogP contribution in [-0.2, 0) is 6.42 Å². The highest BCUT2D eigenvalue weighted by atomic mass is 35.5. The number of benzene rings is 2. The molecule has 1 aliphatic rings. The predicted molar refractivity (Wildman–Crippen MR) is 117 cm³/mol. The van der Waals surface area contributed by atoms with E-state index in [1.165, 1.54) is 5.69 Å². The van der Waals surface area contributed by atoms with Crippen molar-refractivity contribution in [1.29, 1.82) is 0 Å². The van der Waals surface area contributed by atoms with Crippen molar-refractivity contribution in [3.8, 4) is 0 Å². The van der Waals surface area contributed by atoms with Crippen molar-refractivity contribution in [3.63, 3.8) is 0 Å². The number of hydrogen-bond donors (Lipinski definition) is 0. The predicted octanol–water partition coefficient (Wildman–Crippen LogP) is 5.01. The Labute approximate surface area is 175 Å². The summed E-state index contributed by atoms with van der Waals surface area (Å²) < 4.78 is 0. The smallest absolute Gasteiger partial charge is 0.151 e. The normalized spacial score (nSPS) is 14.4. The Kier molecular flexibility index (Phi) is 5.69. The Bertz CT molecular complexity index is 934. The fourth-order valence-electron chi connectivity index (χ4n) is 3.54. The minimum atomic E-state index is 0.650. The van der Waals surface area contributed by atoms with E-state index >= 15 is 0 Å². The highest BCUT2D eigenvalue weighted by Crippen LogP contribution is 2.28. The van der Waals surface area contributed by atoms with Crippen LogP contribution < -0.4 is 9.80 Å². The highest BCUT2D eigenvalue weighted by Gasteiger charge is 2.20. The van der Waals surface area contributed by atoms with E-state index in [1.807, 2.05) is 25.1 Å². The lowest BCUT2D eigenvalue weighted by Crippen LogP contribution is -2.47. The lowest BCUT2D eigenvalue weighted by atomic mass is 10.0. The van der Waals surface area contributed by atoms with Gasteiger partial charge in [-0.1, -0.05) is 47.5 Å². The summed E-state index contributed by atoms with van der Waals surface area (Å²) in [6.07, 6.45) is 0.650. The van der Waals surface area contributed by atoms with Crippen molar-refractivity contribution in [2.75, 3.05) is 36.0 Å². The number of nitrogens with zero attached hydrogens (tertiary/aromatic N) is 4. The molecule has 0 aliphatic carbocycles. The summed E-state index contributed by atoms with van der Waals surface area (Å²) in [5.74, 6) is 0.913. The molecule has 1 aliphatic heterocycles. The van der Waals surface area contributed by atoms with E-state index in [9.17, 15) is 0 Å².